The van der Waals surface area contributed by atoms with Gasteiger partial charge in [-0.05, 0) is 29.7 Å². The van der Waals surface area contributed by atoms with Crippen molar-refractivity contribution in [1.29, 1.82) is 0 Å². The molecule has 11 nitrogen and oxygen atoms in total. The second kappa shape index (κ2) is 11.6. The van der Waals surface area contributed by atoms with E-state index in [9.17, 15) is 19.2 Å². The number of hydrogen-bond donors (Lipinski definition) is 5. The standard InChI is InChI=1S/C23H28N6O5S/c1-25-19(30)9-13-3-4-15(27-22(34)18(24)5-6-21(32)33)7-14(13)8-17-12-35-23-28-16(11-29(17)23)10-20(31)26-2/h3-4,7,11-12,18H,5-6,8-10,24H2,1-2H3,(H,25,30)(H,26,31)(H,27,34)(H,32,33)/t18-/m0/s1. The molecule has 2 heterocycles. The van der Waals surface area contributed by atoms with Crippen LogP contribution in [0.3, 0.4) is 0 Å². The highest BCUT2D eigenvalue weighted by Gasteiger charge is 2.17. The zero-order valence-electron chi connectivity index (χ0n) is 19.5. The monoisotopic (exact) mass is 500 g/mol. The number of amides is 3. The van der Waals surface area contributed by atoms with E-state index in [-0.39, 0.29) is 37.5 Å². The summed E-state index contributed by atoms with van der Waals surface area (Å²) in [5.74, 6) is -1.78. The lowest BCUT2D eigenvalue weighted by Crippen LogP contribution is -2.36. The van der Waals surface area contributed by atoms with E-state index in [4.69, 9.17) is 10.8 Å². The zero-order chi connectivity index (χ0) is 25.5. The number of rotatable bonds is 11. The van der Waals surface area contributed by atoms with Crippen LogP contribution < -0.4 is 21.7 Å². The minimum atomic E-state index is -1.02. The van der Waals surface area contributed by atoms with Crippen molar-refractivity contribution in [3.05, 3.63) is 52.3 Å². The summed E-state index contributed by atoms with van der Waals surface area (Å²) in [4.78, 5) is 52.2. The third-order valence-electron chi connectivity index (χ3n) is 5.43. The highest BCUT2D eigenvalue weighted by atomic mass is 32.1. The van der Waals surface area contributed by atoms with Gasteiger partial charge < -0.3 is 26.8 Å². The molecule has 0 aliphatic heterocycles. The summed E-state index contributed by atoms with van der Waals surface area (Å²) in [5.41, 5.74) is 9.50. The number of carboxylic acid groups (broad SMARTS) is 1. The summed E-state index contributed by atoms with van der Waals surface area (Å²) in [6.45, 7) is 0. The molecule has 3 rings (SSSR count). The van der Waals surface area contributed by atoms with Crippen molar-refractivity contribution in [1.82, 2.24) is 20.0 Å². The maximum atomic E-state index is 12.4. The van der Waals surface area contributed by atoms with E-state index >= 15 is 0 Å². The number of thiazole rings is 1. The zero-order valence-corrected chi connectivity index (χ0v) is 20.3. The molecule has 0 unspecified atom stereocenters. The van der Waals surface area contributed by atoms with Crippen LogP contribution in [0.4, 0.5) is 5.69 Å². The van der Waals surface area contributed by atoms with Gasteiger partial charge in [0.15, 0.2) is 4.96 Å². The Morgan fingerprint density at radius 1 is 1.11 bits per heavy atom. The lowest BCUT2D eigenvalue weighted by atomic mass is 9.99. The number of fused-ring (bicyclic) bond motifs is 1. The van der Waals surface area contributed by atoms with Crippen LogP contribution in [0.1, 0.15) is 35.4 Å². The Bertz CT molecular complexity index is 1250. The molecular weight excluding hydrogens is 472 g/mol. The van der Waals surface area contributed by atoms with E-state index in [1.54, 1.807) is 32.3 Å². The number of carbonyl (C=O) groups is 4. The summed E-state index contributed by atoms with van der Waals surface area (Å²) < 4.78 is 1.92. The minimum absolute atomic E-state index is 0.0225. The molecule has 6 N–H and O–H groups in total. The fourth-order valence-corrected chi connectivity index (χ4v) is 4.38. The molecule has 1 atom stereocenters. The van der Waals surface area contributed by atoms with Crippen molar-refractivity contribution < 1.29 is 24.3 Å². The van der Waals surface area contributed by atoms with Crippen molar-refractivity contribution in [2.24, 2.45) is 5.73 Å². The van der Waals surface area contributed by atoms with Gasteiger partial charge in [-0.25, -0.2) is 4.98 Å². The average Bonchev–Trinajstić information content (AvgIpc) is 3.39. The summed E-state index contributed by atoms with van der Waals surface area (Å²) in [6, 6.07) is 4.29. The van der Waals surface area contributed by atoms with Gasteiger partial charge >= 0.3 is 5.97 Å². The molecule has 35 heavy (non-hydrogen) atoms. The Kier molecular flexibility index (Phi) is 8.55. The molecular formula is C23H28N6O5S. The van der Waals surface area contributed by atoms with E-state index in [2.05, 4.69) is 20.9 Å². The van der Waals surface area contributed by atoms with Crippen LogP contribution in [0.15, 0.2) is 29.8 Å². The van der Waals surface area contributed by atoms with Gasteiger partial charge in [-0.15, -0.1) is 11.3 Å². The van der Waals surface area contributed by atoms with Crippen molar-refractivity contribution in [3.63, 3.8) is 0 Å². The number of anilines is 1. The van der Waals surface area contributed by atoms with Crippen LogP contribution in [0.25, 0.3) is 4.96 Å². The number of nitrogens with one attached hydrogen (secondary N) is 3. The van der Waals surface area contributed by atoms with Gasteiger partial charge in [0.05, 0.1) is 24.6 Å². The maximum absolute atomic E-state index is 12.4. The number of aliphatic carboxylic acids is 1. The molecule has 0 saturated carbocycles. The summed E-state index contributed by atoms with van der Waals surface area (Å²) in [7, 11) is 3.14. The number of imidazole rings is 1. The number of aromatic nitrogens is 2. The second-order valence-corrected chi connectivity index (χ2v) is 8.84. The lowest BCUT2D eigenvalue weighted by Gasteiger charge is -2.15. The number of nitrogens with two attached hydrogens (primary N) is 1. The molecule has 0 aliphatic rings. The van der Waals surface area contributed by atoms with Gasteiger partial charge in [0.1, 0.15) is 0 Å². The molecule has 3 aromatic rings. The van der Waals surface area contributed by atoms with Crippen LogP contribution in [0.5, 0.6) is 0 Å². The maximum Gasteiger partial charge on any atom is 0.303 e. The summed E-state index contributed by atoms with van der Waals surface area (Å²) in [5, 5.41) is 18.7. The first-order valence-corrected chi connectivity index (χ1v) is 11.8. The van der Waals surface area contributed by atoms with Crippen molar-refractivity contribution in [2.75, 3.05) is 19.4 Å². The fraction of sp³-hybridized carbons (Fsp3) is 0.348. The van der Waals surface area contributed by atoms with Crippen molar-refractivity contribution >= 4 is 45.7 Å². The Morgan fingerprint density at radius 3 is 2.51 bits per heavy atom. The topological polar surface area (TPSA) is 168 Å². The SMILES string of the molecule is CNC(=O)Cc1cn2c(Cc3cc(NC(=O)[C@@H](N)CCC(=O)O)ccc3CC(=O)NC)csc2n1. The molecule has 0 aliphatic carbocycles. The Morgan fingerprint density at radius 2 is 1.83 bits per heavy atom. The van der Waals surface area contributed by atoms with Crippen LogP contribution in [-0.4, -0.2) is 58.3 Å². The van der Waals surface area contributed by atoms with Crippen molar-refractivity contribution in [2.45, 2.75) is 38.1 Å². The molecule has 0 fully saturated rings. The smallest absolute Gasteiger partial charge is 0.303 e. The second-order valence-electron chi connectivity index (χ2n) is 8.00. The highest BCUT2D eigenvalue weighted by Crippen LogP contribution is 2.24. The largest absolute Gasteiger partial charge is 0.481 e. The van der Waals surface area contributed by atoms with Crippen LogP contribution in [-0.2, 0) is 38.4 Å². The first kappa shape index (κ1) is 25.8. The van der Waals surface area contributed by atoms with Crippen LogP contribution >= 0.6 is 11.3 Å². The van der Waals surface area contributed by atoms with Crippen LogP contribution in [0, 0.1) is 0 Å². The molecule has 1 aromatic carbocycles. The Balaban J connectivity index is 1.85. The van der Waals surface area contributed by atoms with E-state index in [1.807, 2.05) is 16.0 Å². The number of benzene rings is 1. The first-order chi connectivity index (χ1) is 16.7. The van der Waals surface area contributed by atoms with E-state index < -0.39 is 17.9 Å². The molecule has 0 radical (unpaired) electrons. The van der Waals surface area contributed by atoms with Gasteiger partial charge in [0, 0.05) is 49.9 Å². The van der Waals surface area contributed by atoms with E-state index in [1.165, 1.54) is 11.3 Å². The number of likely N-dealkylation sites (N-methyl/N-ethyl adjacent to an activating group) is 2. The summed E-state index contributed by atoms with van der Waals surface area (Å²) in [6.07, 6.45) is 2.44. The Labute approximate surface area is 205 Å². The Hall–Kier alpha value is -3.77. The van der Waals surface area contributed by atoms with Crippen molar-refractivity contribution in [3.8, 4) is 0 Å². The molecule has 0 spiro atoms. The van der Waals surface area contributed by atoms with Gasteiger partial charge in [0.25, 0.3) is 0 Å². The quantitative estimate of drug-likeness (QED) is 0.258. The third-order valence-corrected chi connectivity index (χ3v) is 6.32. The molecule has 0 saturated heterocycles. The number of hydrogen-bond acceptors (Lipinski definition) is 7. The van der Waals surface area contributed by atoms with Gasteiger partial charge in [0.2, 0.25) is 17.7 Å². The average molecular weight is 501 g/mol. The molecule has 12 heteroatoms. The molecule has 2 aromatic heterocycles. The van der Waals surface area contributed by atoms with E-state index in [0.717, 1.165) is 21.8 Å². The van der Waals surface area contributed by atoms with Gasteiger partial charge in [-0.2, -0.15) is 0 Å². The number of carbonyl (C=O) groups excluding carboxylic acids is 3. The van der Waals surface area contributed by atoms with E-state index in [0.29, 0.717) is 17.8 Å². The predicted octanol–water partition coefficient (Wildman–Crippen LogP) is 0.694. The molecule has 186 valence electrons. The van der Waals surface area contributed by atoms with Gasteiger partial charge in [-0.3, -0.25) is 23.6 Å². The molecule has 0 bridgehead atoms. The highest BCUT2D eigenvalue weighted by molar-refractivity contribution is 7.15. The van der Waals surface area contributed by atoms with Crippen LogP contribution in [0.2, 0.25) is 0 Å². The lowest BCUT2D eigenvalue weighted by molar-refractivity contribution is -0.137. The minimum Gasteiger partial charge on any atom is -0.481 e. The fourth-order valence-electron chi connectivity index (χ4n) is 3.48. The third kappa shape index (κ3) is 6.87. The molecule has 3 amide bonds. The van der Waals surface area contributed by atoms with Gasteiger partial charge in [-0.1, -0.05) is 6.07 Å². The number of carboxylic acids is 1. The normalized spacial score (nSPS) is 11.7. The summed E-state index contributed by atoms with van der Waals surface area (Å²) >= 11 is 1.45. The predicted molar refractivity (Wildman–Crippen MR) is 131 cm³/mol. The number of nitrogens with zero attached hydrogens (tertiary/aromatic N) is 2. The first-order valence-electron chi connectivity index (χ1n) is 11.0.